The van der Waals surface area contributed by atoms with Crippen LogP contribution >= 0.6 is 11.6 Å². The fourth-order valence-corrected chi connectivity index (χ4v) is 4.49. The fraction of sp³-hybridized carbons (Fsp3) is 0.0938. The number of ether oxygens (including phenoxy) is 2. The molecule has 0 spiro atoms. The van der Waals surface area contributed by atoms with E-state index in [-0.39, 0.29) is 28.6 Å². The Kier molecular flexibility index (Phi) is 8.49. The molecule has 1 saturated heterocycles. The minimum atomic E-state index is -0.872. The molecule has 0 saturated carbocycles. The standard InChI is InChI=1S/C32H24ClN3O7/c1-20-5-7-21(8-6-20)18-42-26-12-10-24(11-13-26)35-31(38)27(30(37)34-32(35)39)16-22-9-14-29(28(33)17-22)43-19-23-3-2-4-25(15-23)36(40)41/h2-17H,18-19H2,1H3,(H,34,37,39)/b27-16+. The van der Waals surface area contributed by atoms with Crippen LogP contribution in [0, 0.1) is 17.0 Å². The number of amides is 4. The number of nitrogens with one attached hydrogen (secondary N) is 1. The molecule has 0 radical (unpaired) electrons. The second-order valence-corrected chi connectivity index (χ2v) is 10.0. The summed E-state index contributed by atoms with van der Waals surface area (Å²) < 4.78 is 11.5. The van der Waals surface area contributed by atoms with Gasteiger partial charge in [0.05, 0.1) is 15.6 Å². The third kappa shape index (κ3) is 6.88. The Morgan fingerprint density at radius 2 is 1.60 bits per heavy atom. The molecule has 11 heteroatoms. The molecule has 1 N–H and O–H groups in total. The molecule has 4 aromatic carbocycles. The van der Waals surface area contributed by atoms with Gasteiger partial charge in [-0.05, 0) is 66.1 Å². The van der Waals surface area contributed by atoms with E-state index in [1.165, 1.54) is 24.3 Å². The van der Waals surface area contributed by atoms with E-state index >= 15 is 0 Å². The number of urea groups is 1. The summed E-state index contributed by atoms with van der Waals surface area (Å²) in [4.78, 5) is 49.9. The number of carbonyl (C=O) groups excluding carboxylic acids is 3. The zero-order chi connectivity index (χ0) is 30.5. The number of non-ortho nitro benzene ring substituents is 1. The predicted octanol–water partition coefficient (Wildman–Crippen LogP) is 6.38. The minimum Gasteiger partial charge on any atom is -0.489 e. The van der Waals surface area contributed by atoms with Crippen molar-refractivity contribution in [3.8, 4) is 11.5 Å². The van der Waals surface area contributed by atoms with E-state index in [0.717, 1.165) is 16.0 Å². The lowest BCUT2D eigenvalue weighted by Gasteiger charge is -2.26. The lowest BCUT2D eigenvalue weighted by molar-refractivity contribution is -0.384. The maximum Gasteiger partial charge on any atom is 0.335 e. The first kappa shape index (κ1) is 29.0. The summed E-state index contributed by atoms with van der Waals surface area (Å²) >= 11 is 6.38. The zero-order valence-electron chi connectivity index (χ0n) is 22.8. The van der Waals surface area contributed by atoms with Crippen LogP contribution in [0.3, 0.4) is 0 Å². The van der Waals surface area contributed by atoms with Crippen LogP contribution < -0.4 is 19.7 Å². The van der Waals surface area contributed by atoms with E-state index < -0.39 is 22.8 Å². The number of rotatable bonds is 9. The molecule has 0 atom stereocenters. The molecule has 4 amide bonds. The molecule has 1 heterocycles. The molecule has 1 aliphatic rings. The first-order valence-electron chi connectivity index (χ1n) is 13.0. The molecule has 0 bridgehead atoms. The highest BCUT2D eigenvalue weighted by Gasteiger charge is 2.36. The average molecular weight is 598 g/mol. The average Bonchev–Trinajstić information content (AvgIpc) is 2.99. The largest absolute Gasteiger partial charge is 0.489 e. The normalized spacial score (nSPS) is 14.0. The first-order chi connectivity index (χ1) is 20.7. The van der Waals surface area contributed by atoms with E-state index in [0.29, 0.717) is 29.2 Å². The van der Waals surface area contributed by atoms with Crippen LogP contribution in [0.15, 0.2) is 96.6 Å². The van der Waals surface area contributed by atoms with Gasteiger partial charge < -0.3 is 9.47 Å². The van der Waals surface area contributed by atoms with Crippen LogP contribution in [-0.4, -0.2) is 22.8 Å². The van der Waals surface area contributed by atoms with Crippen molar-refractivity contribution in [3.05, 3.63) is 134 Å². The fourth-order valence-electron chi connectivity index (χ4n) is 4.25. The summed E-state index contributed by atoms with van der Waals surface area (Å²) in [5, 5.41) is 13.4. The van der Waals surface area contributed by atoms with E-state index in [1.54, 1.807) is 48.5 Å². The molecule has 5 rings (SSSR count). The highest BCUT2D eigenvalue weighted by Crippen LogP contribution is 2.29. The third-order valence-electron chi connectivity index (χ3n) is 6.51. The lowest BCUT2D eigenvalue weighted by Crippen LogP contribution is -2.54. The Balaban J connectivity index is 1.28. The number of barbiturate groups is 1. The number of hydrogen-bond donors (Lipinski definition) is 1. The lowest BCUT2D eigenvalue weighted by atomic mass is 10.1. The maximum absolute atomic E-state index is 13.3. The monoisotopic (exact) mass is 597 g/mol. The molecule has 4 aromatic rings. The SMILES string of the molecule is Cc1ccc(COc2ccc(N3C(=O)NC(=O)/C(=C\c4ccc(OCc5cccc([N+](=O)[O-])c5)c(Cl)c4)C3=O)cc2)cc1. The summed E-state index contributed by atoms with van der Waals surface area (Å²) in [7, 11) is 0. The van der Waals surface area contributed by atoms with Crippen molar-refractivity contribution < 1.29 is 28.8 Å². The number of nitrogens with zero attached hydrogens (tertiary/aromatic N) is 2. The summed E-state index contributed by atoms with van der Waals surface area (Å²) in [5.74, 6) is -0.796. The molecule has 216 valence electrons. The van der Waals surface area contributed by atoms with Gasteiger partial charge in [-0.1, -0.05) is 59.6 Å². The van der Waals surface area contributed by atoms with Crippen molar-refractivity contribution in [2.45, 2.75) is 20.1 Å². The van der Waals surface area contributed by atoms with E-state index in [4.69, 9.17) is 21.1 Å². The van der Waals surface area contributed by atoms with Crippen molar-refractivity contribution >= 4 is 46.9 Å². The van der Waals surface area contributed by atoms with Crippen LogP contribution in [0.2, 0.25) is 5.02 Å². The van der Waals surface area contributed by atoms with Gasteiger partial charge in [0.2, 0.25) is 0 Å². The number of benzene rings is 4. The van der Waals surface area contributed by atoms with Gasteiger partial charge in [-0.3, -0.25) is 25.0 Å². The Bertz CT molecular complexity index is 1750. The van der Waals surface area contributed by atoms with Crippen LogP contribution in [0.25, 0.3) is 6.08 Å². The Morgan fingerprint density at radius 3 is 2.30 bits per heavy atom. The topological polar surface area (TPSA) is 128 Å². The highest BCUT2D eigenvalue weighted by molar-refractivity contribution is 6.39. The van der Waals surface area contributed by atoms with Crippen LogP contribution in [0.5, 0.6) is 11.5 Å². The number of carbonyl (C=O) groups is 3. The van der Waals surface area contributed by atoms with Crippen molar-refractivity contribution in [2.24, 2.45) is 0 Å². The van der Waals surface area contributed by atoms with Crippen molar-refractivity contribution in [2.75, 3.05) is 4.90 Å². The zero-order valence-corrected chi connectivity index (χ0v) is 23.5. The van der Waals surface area contributed by atoms with Gasteiger partial charge in [-0.2, -0.15) is 0 Å². The molecular weight excluding hydrogens is 574 g/mol. The predicted molar refractivity (Wildman–Crippen MR) is 160 cm³/mol. The van der Waals surface area contributed by atoms with Gasteiger partial charge in [0.15, 0.2) is 0 Å². The van der Waals surface area contributed by atoms with Crippen molar-refractivity contribution in [1.29, 1.82) is 0 Å². The Morgan fingerprint density at radius 1 is 0.884 bits per heavy atom. The van der Waals surface area contributed by atoms with Crippen LogP contribution in [0.1, 0.15) is 22.3 Å². The molecule has 1 fully saturated rings. The minimum absolute atomic E-state index is 0.0373. The number of nitro benzene ring substituents is 1. The van der Waals surface area contributed by atoms with Crippen molar-refractivity contribution in [3.63, 3.8) is 0 Å². The van der Waals surface area contributed by atoms with Gasteiger partial charge in [-0.15, -0.1) is 0 Å². The molecule has 10 nitrogen and oxygen atoms in total. The van der Waals surface area contributed by atoms with Gasteiger partial charge in [0.25, 0.3) is 17.5 Å². The van der Waals surface area contributed by atoms with E-state index in [2.05, 4.69) is 5.32 Å². The summed E-state index contributed by atoms with van der Waals surface area (Å²) in [5.41, 5.74) is 3.08. The molecular formula is C32H24ClN3O7. The summed E-state index contributed by atoms with van der Waals surface area (Å²) in [6, 6.07) is 24.1. The highest BCUT2D eigenvalue weighted by atomic mass is 35.5. The first-order valence-corrected chi connectivity index (χ1v) is 13.4. The second kappa shape index (κ2) is 12.6. The number of hydrogen-bond acceptors (Lipinski definition) is 7. The molecule has 0 aliphatic carbocycles. The quantitative estimate of drug-likeness (QED) is 0.103. The van der Waals surface area contributed by atoms with Gasteiger partial charge >= 0.3 is 6.03 Å². The summed E-state index contributed by atoms with van der Waals surface area (Å²) in [6.07, 6.45) is 1.33. The smallest absolute Gasteiger partial charge is 0.335 e. The molecule has 0 unspecified atom stereocenters. The number of halogens is 1. The van der Waals surface area contributed by atoms with Crippen LogP contribution in [0.4, 0.5) is 16.2 Å². The number of imide groups is 2. The second-order valence-electron chi connectivity index (χ2n) is 9.63. The Labute approximate surface area is 251 Å². The van der Waals surface area contributed by atoms with E-state index in [1.807, 2.05) is 31.2 Å². The van der Waals surface area contributed by atoms with Gasteiger partial charge in [0.1, 0.15) is 30.3 Å². The Hall–Kier alpha value is -5.48. The van der Waals surface area contributed by atoms with Crippen molar-refractivity contribution in [1.82, 2.24) is 5.32 Å². The van der Waals surface area contributed by atoms with E-state index in [9.17, 15) is 24.5 Å². The summed E-state index contributed by atoms with van der Waals surface area (Å²) in [6.45, 7) is 2.39. The number of nitro groups is 1. The molecule has 0 aromatic heterocycles. The van der Waals surface area contributed by atoms with Gasteiger partial charge in [0, 0.05) is 12.1 Å². The number of aryl methyl sites for hydroxylation is 1. The van der Waals surface area contributed by atoms with Gasteiger partial charge in [-0.25, -0.2) is 9.69 Å². The molecule has 1 aliphatic heterocycles. The molecule has 43 heavy (non-hydrogen) atoms. The third-order valence-corrected chi connectivity index (χ3v) is 6.80. The van der Waals surface area contributed by atoms with Crippen LogP contribution in [-0.2, 0) is 22.8 Å². The number of anilines is 1. The maximum atomic E-state index is 13.3.